The molecule has 2 aromatic rings. The van der Waals surface area contributed by atoms with Crippen molar-refractivity contribution in [3.8, 4) is 0 Å². The maximum atomic E-state index is 12.8. The van der Waals surface area contributed by atoms with Gasteiger partial charge < -0.3 is 9.42 Å². The minimum absolute atomic E-state index is 0.0150. The fraction of sp³-hybridized carbons (Fsp3) is 0.500. The van der Waals surface area contributed by atoms with Crippen molar-refractivity contribution in [1.82, 2.24) is 15.0 Å². The maximum absolute atomic E-state index is 12.8. The highest BCUT2D eigenvalue weighted by Gasteiger charge is 2.32. The first-order valence-electron chi connectivity index (χ1n) is 6.81. The summed E-state index contributed by atoms with van der Waals surface area (Å²) < 4.78 is 5.12. The van der Waals surface area contributed by atoms with Crippen molar-refractivity contribution < 1.29 is 9.32 Å². The van der Waals surface area contributed by atoms with Gasteiger partial charge in [-0.3, -0.25) is 4.79 Å². The molecule has 1 saturated heterocycles. The van der Waals surface area contributed by atoms with Gasteiger partial charge in [-0.05, 0) is 33.1 Å². The number of carbonyl (C=O) groups excluding carboxylic acids is 1. The number of carbonyl (C=O) groups is 1. The minimum atomic E-state index is 0.0150. The number of nitrogens with zero attached hydrogens (tertiary/aromatic N) is 3. The van der Waals surface area contributed by atoms with Crippen molar-refractivity contribution >= 4 is 17.2 Å². The lowest BCUT2D eigenvalue weighted by Crippen LogP contribution is -2.38. The normalized spacial score (nSPS) is 19.3. The van der Waals surface area contributed by atoms with Crippen LogP contribution in [0.5, 0.6) is 0 Å². The molecular formula is C14H17N3O2S. The van der Waals surface area contributed by atoms with Gasteiger partial charge in [0.1, 0.15) is 16.3 Å². The second-order valence-electron chi connectivity index (χ2n) is 5.08. The molecule has 1 aliphatic rings. The van der Waals surface area contributed by atoms with E-state index in [1.807, 2.05) is 17.2 Å². The highest BCUT2D eigenvalue weighted by atomic mass is 32.1. The summed E-state index contributed by atoms with van der Waals surface area (Å²) in [7, 11) is 0. The summed E-state index contributed by atoms with van der Waals surface area (Å²) in [5.41, 5.74) is 1.27. The summed E-state index contributed by atoms with van der Waals surface area (Å²) in [5.74, 6) is 0.608. The Labute approximate surface area is 121 Å². The summed E-state index contributed by atoms with van der Waals surface area (Å²) in [6.45, 7) is 4.37. The summed E-state index contributed by atoms with van der Waals surface area (Å²) in [5, 5.41) is 6.86. The second-order valence-corrected chi connectivity index (χ2v) is 6.01. The molecule has 20 heavy (non-hydrogen) atoms. The highest BCUT2D eigenvalue weighted by molar-refractivity contribution is 7.09. The Bertz CT molecular complexity index is 586. The van der Waals surface area contributed by atoms with Gasteiger partial charge >= 0.3 is 0 Å². The number of piperidine rings is 1. The van der Waals surface area contributed by atoms with E-state index < -0.39 is 0 Å². The van der Waals surface area contributed by atoms with Crippen LogP contribution in [0.1, 0.15) is 52.1 Å². The fourth-order valence-corrected chi connectivity index (χ4v) is 3.55. The van der Waals surface area contributed by atoms with Gasteiger partial charge in [0.15, 0.2) is 0 Å². The fourth-order valence-electron chi connectivity index (χ4n) is 2.76. The number of hydrogen-bond donors (Lipinski definition) is 0. The minimum Gasteiger partial charge on any atom is -0.361 e. The van der Waals surface area contributed by atoms with E-state index in [9.17, 15) is 4.79 Å². The van der Waals surface area contributed by atoms with Crippen LogP contribution in [-0.4, -0.2) is 27.5 Å². The van der Waals surface area contributed by atoms with E-state index >= 15 is 0 Å². The molecule has 0 bridgehead atoms. The van der Waals surface area contributed by atoms with Crippen LogP contribution in [0.15, 0.2) is 16.1 Å². The Hall–Kier alpha value is -1.69. The molecule has 3 heterocycles. The Kier molecular flexibility index (Phi) is 3.56. The first kappa shape index (κ1) is 13.3. The van der Waals surface area contributed by atoms with Crippen LogP contribution in [0.25, 0.3) is 0 Å². The van der Waals surface area contributed by atoms with Gasteiger partial charge in [-0.1, -0.05) is 5.16 Å². The molecule has 3 rings (SSSR count). The number of hydrogen-bond acceptors (Lipinski definition) is 5. The molecule has 0 N–H and O–H groups in total. The third kappa shape index (κ3) is 2.24. The van der Waals surface area contributed by atoms with Gasteiger partial charge in [0, 0.05) is 18.1 Å². The number of aryl methyl sites for hydroxylation is 2. The van der Waals surface area contributed by atoms with E-state index in [0.717, 1.165) is 30.8 Å². The van der Waals surface area contributed by atoms with Crippen LogP contribution >= 0.6 is 11.3 Å². The van der Waals surface area contributed by atoms with Gasteiger partial charge in [-0.25, -0.2) is 4.98 Å². The zero-order valence-corrected chi connectivity index (χ0v) is 12.4. The van der Waals surface area contributed by atoms with E-state index in [-0.39, 0.29) is 11.9 Å². The average molecular weight is 291 g/mol. The first-order chi connectivity index (χ1) is 9.68. The third-order valence-electron chi connectivity index (χ3n) is 3.75. The molecule has 1 atom stereocenters. The molecular weight excluding hydrogens is 274 g/mol. The molecule has 1 aliphatic heterocycles. The number of rotatable bonds is 2. The van der Waals surface area contributed by atoms with Crippen LogP contribution < -0.4 is 0 Å². The maximum Gasteiger partial charge on any atom is 0.259 e. The Morgan fingerprint density at radius 3 is 2.95 bits per heavy atom. The van der Waals surface area contributed by atoms with Crippen LogP contribution in [-0.2, 0) is 0 Å². The number of likely N-dealkylation sites (tertiary alicyclic amines) is 1. The average Bonchev–Trinajstić information content (AvgIpc) is 3.09. The van der Waals surface area contributed by atoms with Crippen molar-refractivity contribution in [2.45, 2.75) is 39.2 Å². The lowest BCUT2D eigenvalue weighted by molar-refractivity contribution is 0.0609. The molecule has 0 aromatic carbocycles. The number of amides is 1. The van der Waals surface area contributed by atoms with E-state index in [1.54, 1.807) is 24.5 Å². The van der Waals surface area contributed by atoms with Crippen molar-refractivity contribution in [2.24, 2.45) is 0 Å². The van der Waals surface area contributed by atoms with Crippen molar-refractivity contribution in [3.63, 3.8) is 0 Å². The first-order valence-corrected chi connectivity index (χ1v) is 7.69. The molecule has 106 valence electrons. The Morgan fingerprint density at radius 1 is 1.45 bits per heavy atom. The predicted molar refractivity (Wildman–Crippen MR) is 75.7 cm³/mol. The van der Waals surface area contributed by atoms with Crippen molar-refractivity contribution in [2.75, 3.05) is 6.54 Å². The summed E-state index contributed by atoms with van der Waals surface area (Å²) in [6, 6.07) is 0.0879. The molecule has 0 saturated carbocycles. The van der Waals surface area contributed by atoms with Gasteiger partial charge in [0.2, 0.25) is 0 Å². The van der Waals surface area contributed by atoms with Gasteiger partial charge in [0.05, 0.1) is 11.7 Å². The predicted octanol–water partition coefficient (Wildman–Crippen LogP) is 3.12. The second kappa shape index (κ2) is 5.36. The van der Waals surface area contributed by atoms with Gasteiger partial charge in [0.25, 0.3) is 5.91 Å². The van der Waals surface area contributed by atoms with Gasteiger partial charge in [-0.2, -0.15) is 0 Å². The zero-order chi connectivity index (χ0) is 14.1. The summed E-state index contributed by atoms with van der Waals surface area (Å²) in [4.78, 5) is 19.1. The Balaban J connectivity index is 1.92. The molecule has 1 fully saturated rings. The van der Waals surface area contributed by atoms with Crippen LogP contribution in [0.4, 0.5) is 0 Å². The van der Waals surface area contributed by atoms with Crippen molar-refractivity contribution in [3.05, 3.63) is 33.6 Å². The Morgan fingerprint density at radius 2 is 2.30 bits per heavy atom. The standard InChI is InChI=1S/C14H17N3O2S/c1-9-12(10(2)19-16-9)14(18)17-7-4-3-5-11(17)13-15-6-8-20-13/h6,8,11H,3-5,7H2,1-2H3/t11-/m0/s1. The number of thiazole rings is 1. The van der Waals surface area contributed by atoms with Crippen LogP contribution in [0.3, 0.4) is 0 Å². The molecule has 1 amide bonds. The molecule has 6 heteroatoms. The molecule has 0 unspecified atom stereocenters. The molecule has 0 radical (unpaired) electrons. The summed E-state index contributed by atoms with van der Waals surface area (Å²) >= 11 is 1.61. The lowest BCUT2D eigenvalue weighted by Gasteiger charge is -2.34. The molecule has 5 nitrogen and oxygen atoms in total. The van der Waals surface area contributed by atoms with Crippen LogP contribution in [0, 0.1) is 13.8 Å². The van der Waals surface area contributed by atoms with Crippen LogP contribution in [0.2, 0.25) is 0 Å². The monoisotopic (exact) mass is 291 g/mol. The van der Waals surface area contributed by atoms with Crippen molar-refractivity contribution in [1.29, 1.82) is 0 Å². The topological polar surface area (TPSA) is 59.2 Å². The SMILES string of the molecule is Cc1noc(C)c1C(=O)N1CCCC[C@H]1c1nccs1. The highest BCUT2D eigenvalue weighted by Crippen LogP contribution is 2.33. The zero-order valence-electron chi connectivity index (χ0n) is 11.6. The van der Waals surface area contributed by atoms with Gasteiger partial charge in [-0.15, -0.1) is 11.3 Å². The van der Waals surface area contributed by atoms with E-state index in [0.29, 0.717) is 17.0 Å². The largest absolute Gasteiger partial charge is 0.361 e. The smallest absolute Gasteiger partial charge is 0.259 e. The number of aromatic nitrogens is 2. The van der Waals surface area contributed by atoms with E-state index in [1.165, 1.54) is 0 Å². The third-order valence-corrected chi connectivity index (χ3v) is 4.62. The molecule has 0 aliphatic carbocycles. The summed E-state index contributed by atoms with van der Waals surface area (Å²) in [6.07, 6.45) is 4.95. The van der Waals surface area contributed by atoms with E-state index in [2.05, 4.69) is 10.1 Å². The molecule has 2 aromatic heterocycles. The molecule has 0 spiro atoms. The quantitative estimate of drug-likeness (QED) is 0.853. The lowest BCUT2D eigenvalue weighted by atomic mass is 10.0. The van der Waals surface area contributed by atoms with E-state index in [4.69, 9.17) is 4.52 Å².